The maximum Gasteiger partial charge on any atom is 0.231 e. The summed E-state index contributed by atoms with van der Waals surface area (Å²) >= 11 is 0. The van der Waals surface area contributed by atoms with Gasteiger partial charge in [-0.15, -0.1) is 0 Å². The number of amides is 2. The van der Waals surface area contributed by atoms with Gasteiger partial charge in [0.15, 0.2) is 0 Å². The van der Waals surface area contributed by atoms with E-state index in [-0.39, 0.29) is 18.4 Å². The van der Waals surface area contributed by atoms with Crippen LogP contribution >= 0.6 is 0 Å². The van der Waals surface area contributed by atoms with Gasteiger partial charge in [-0.3, -0.25) is 9.59 Å². The van der Waals surface area contributed by atoms with Crippen LogP contribution in [0.2, 0.25) is 0 Å². The fourth-order valence-electron chi connectivity index (χ4n) is 2.21. The van der Waals surface area contributed by atoms with Gasteiger partial charge in [-0.1, -0.05) is 0 Å². The zero-order valence-electron chi connectivity index (χ0n) is 11.2. The minimum atomic E-state index is -0.0355. The van der Waals surface area contributed by atoms with Gasteiger partial charge in [0.25, 0.3) is 0 Å². The number of benzene rings is 1. The van der Waals surface area contributed by atoms with Crippen molar-refractivity contribution in [1.82, 2.24) is 0 Å². The molecule has 19 heavy (non-hydrogen) atoms. The maximum absolute atomic E-state index is 11.9. The van der Waals surface area contributed by atoms with E-state index in [1.165, 1.54) is 0 Å². The van der Waals surface area contributed by atoms with Crippen molar-refractivity contribution < 1.29 is 14.7 Å². The number of aliphatic hydroxyl groups is 1. The van der Waals surface area contributed by atoms with Gasteiger partial charge in [0.1, 0.15) is 0 Å². The Morgan fingerprint density at radius 3 is 2.89 bits per heavy atom. The number of hydrogen-bond donors (Lipinski definition) is 1. The van der Waals surface area contributed by atoms with Crippen LogP contribution in [-0.2, 0) is 16.0 Å². The van der Waals surface area contributed by atoms with Crippen LogP contribution in [0.1, 0.15) is 18.4 Å². The standard InChI is InChI=1S/C14H18N2O3/c1-15(13(18)4-3-7-17)11-5-6-12-10(8-11)9-14(19)16(12)2/h5-6,8,17H,3-4,7,9H2,1-2H3. The highest BCUT2D eigenvalue weighted by molar-refractivity contribution is 6.02. The molecule has 1 aliphatic heterocycles. The first-order valence-corrected chi connectivity index (χ1v) is 6.31. The lowest BCUT2D eigenvalue weighted by molar-refractivity contribution is -0.118. The second-order valence-electron chi connectivity index (χ2n) is 4.72. The Morgan fingerprint density at radius 1 is 1.47 bits per heavy atom. The van der Waals surface area contributed by atoms with E-state index in [4.69, 9.17) is 5.11 Å². The van der Waals surface area contributed by atoms with Crippen LogP contribution in [0.3, 0.4) is 0 Å². The molecular formula is C14H18N2O3. The Morgan fingerprint density at radius 2 is 2.21 bits per heavy atom. The predicted molar refractivity (Wildman–Crippen MR) is 73.3 cm³/mol. The molecule has 1 heterocycles. The second kappa shape index (κ2) is 5.40. The quantitative estimate of drug-likeness (QED) is 0.878. The van der Waals surface area contributed by atoms with Crippen molar-refractivity contribution in [2.75, 3.05) is 30.5 Å². The van der Waals surface area contributed by atoms with Crippen LogP contribution < -0.4 is 9.80 Å². The molecule has 0 unspecified atom stereocenters. The molecule has 0 radical (unpaired) electrons. The van der Waals surface area contributed by atoms with Crippen LogP contribution in [0.4, 0.5) is 11.4 Å². The van der Waals surface area contributed by atoms with Crippen LogP contribution in [0, 0.1) is 0 Å². The van der Waals surface area contributed by atoms with Crippen LogP contribution in [0.25, 0.3) is 0 Å². The lowest BCUT2D eigenvalue weighted by Crippen LogP contribution is -2.26. The number of rotatable bonds is 4. The first-order chi connectivity index (χ1) is 9.04. The van der Waals surface area contributed by atoms with E-state index in [0.29, 0.717) is 19.3 Å². The zero-order chi connectivity index (χ0) is 14.0. The van der Waals surface area contributed by atoms with E-state index in [2.05, 4.69) is 0 Å². The highest BCUT2D eigenvalue weighted by atomic mass is 16.3. The third kappa shape index (κ3) is 2.61. The fourth-order valence-corrected chi connectivity index (χ4v) is 2.21. The van der Waals surface area contributed by atoms with Crippen molar-refractivity contribution in [2.45, 2.75) is 19.3 Å². The van der Waals surface area contributed by atoms with Crippen molar-refractivity contribution in [3.05, 3.63) is 23.8 Å². The molecule has 1 aromatic rings. The molecule has 1 N–H and O–H groups in total. The molecule has 0 aliphatic carbocycles. The van der Waals surface area contributed by atoms with Gasteiger partial charge in [0.05, 0.1) is 6.42 Å². The third-order valence-electron chi connectivity index (χ3n) is 3.45. The third-order valence-corrected chi connectivity index (χ3v) is 3.45. The number of carbonyl (C=O) groups is 2. The minimum Gasteiger partial charge on any atom is -0.396 e. The zero-order valence-corrected chi connectivity index (χ0v) is 11.2. The Balaban J connectivity index is 2.17. The summed E-state index contributed by atoms with van der Waals surface area (Å²) in [6.45, 7) is 0.0169. The van der Waals surface area contributed by atoms with Crippen molar-refractivity contribution in [1.29, 1.82) is 0 Å². The Labute approximate surface area is 112 Å². The van der Waals surface area contributed by atoms with Crippen molar-refractivity contribution >= 4 is 23.2 Å². The first-order valence-electron chi connectivity index (χ1n) is 6.31. The summed E-state index contributed by atoms with van der Waals surface area (Å²) in [6, 6.07) is 5.59. The Kier molecular flexibility index (Phi) is 3.85. The summed E-state index contributed by atoms with van der Waals surface area (Å²) in [6.07, 6.45) is 1.18. The summed E-state index contributed by atoms with van der Waals surface area (Å²) in [7, 11) is 3.46. The number of likely N-dealkylation sites (N-methyl/N-ethyl adjacent to an activating group) is 1. The molecule has 1 aromatic carbocycles. The summed E-state index contributed by atoms with van der Waals surface area (Å²) in [5.74, 6) is 0.0353. The van der Waals surface area contributed by atoms with E-state index >= 15 is 0 Å². The maximum atomic E-state index is 11.9. The summed E-state index contributed by atoms with van der Waals surface area (Å²) in [5, 5.41) is 8.74. The Bertz CT molecular complexity index is 513. The highest BCUT2D eigenvalue weighted by Crippen LogP contribution is 2.31. The normalized spacial score (nSPS) is 13.6. The molecule has 0 bridgehead atoms. The summed E-state index contributed by atoms with van der Waals surface area (Å²) in [4.78, 5) is 26.7. The second-order valence-corrected chi connectivity index (χ2v) is 4.72. The van der Waals surface area contributed by atoms with Crippen LogP contribution in [-0.4, -0.2) is 37.6 Å². The van der Waals surface area contributed by atoms with E-state index < -0.39 is 0 Å². The molecule has 0 atom stereocenters. The minimum absolute atomic E-state index is 0.0169. The van der Waals surface area contributed by atoms with Crippen molar-refractivity contribution in [3.8, 4) is 0 Å². The van der Waals surface area contributed by atoms with Gasteiger partial charge in [-0.05, 0) is 30.2 Å². The number of anilines is 2. The Hall–Kier alpha value is -1.88. The molecule has 0 saturated carbocycles. The number of carbonyl (C=O) groups excluding carboxylic acids is 2. The summed E-state index contributed by atoms with van der Waals surface area (Å²) < 4.78 is 0. The van der Waals surface area contributed by atoms with E-state index in [1.54, 1.807) is 23.9 Å². The molecule has 0 spiro atoms. The number of fused-ring (bicyclic) bond motifs is 1. The molecule has 2 rings (SSSR count). The fraction of sp³-hybridized carbons (Fsp3) is 0.429. The molecule has 5 nitrogen and oxygen atoms in total. The number of hydrogen-bond acceptors (Lipinski definition) is 3. The first kappa shape index (κ1) is 13.5. The average Bonchev–Trinajstić information content (AvgIpc) is 2.70. The van der Waals surface area contributed by atoms with E-state index in [9.17, 15) is 9.59 Å². The number of nitrogens with zero attached hydrogens (tertiary/aromatic N) is 2. The van der Waals surface area contributed by atoms with Gasteiger partial charge >= 0.3 is 0 Å². The van der Waals surface area contributed by atoms with Gasteiger partial charge in [-0.25, -0.2) is 0 Å². The SMILES string of the molecule is CN(C(=O)CCCO)c1ccc2c(c1)CC(=O)N2C. The largest absolute Gasteiger partial charge is 0.396 e. The van der Waals surface area contributed by atoms with E-state index in [0.717, 1.165) is 16.9 Å². The lowest BCUT2D eigenvalue weighted by Gasteiger charge is -2.18. The predicted octanol–water partition coefficient (Wildman–Crippen LogP) is 0.941. The van der Waals surface area contributed by atoms with Crippen LogP contribution in [0.15, 0.2) is 18.2 Å². The van der Waals surface area contributed by atoms with Gasteiger partial charge in [0, 0.05) is 38.5 Å². The molecule has 1 aliphatic rings. The molecule has 2 amide bonds. The smallest absolute Gasteiger partial charge is 0.231 e. The van der Waals surface area contributed by atoms with Gasteiger partial charge in [0.2, 0.25) is 11.8 Å². The monoisotopic (exact) mass is 262 g/mol. The molecule has 102 valence electrons. The molecule has 0 aromatic heterocycles. The van der Waals surface area contributed by atoms with Crippen molar-refractivity contribution in [3.63, 3.8) is 0 Å². The van der Waals surface area contributed by atoms with E-state index in [1.807, 2.05) is 18.2 Å². The molecular weight excluding hydrogens is 244 g/mol. The topological polar surface area (TPSA) is 60.9 Å². The van der Waals surface area contributed by atoms with Crippen molar-refractivity contribution in [2.24, 2.45) is 0 Å². The van der Waals surface area contributed by atoms with Gasteiger partial charge in [-0.2, -0.15) is 0 Å². The molecule has 0 saturated heterocycles. The highest BCUT2D eigenvalue weighted by Gasteiger charge is 2.24. The lowest BCUT2D eigenvalue weighted by atomic mass is 10.1. The van der Waals surface area contributed by atoms with Crippen LogP contribution in [0.5, 0.6) is 0 Å². The summed E-state index contributed by atoms with van der Waals surface area (Å²) in [5.41, 5.74) is 2.64. The molecule has 5 heteroatoms. The number of aliphatic hydroxyl groups excluding tert-OH is 1. The average molecular weight is 262 g/mol. The molecule has 0 fully saturated rings. The van der Waals surface area contributed by atoms with Gasteiger partial charge < -0.3 is 14.9 Å².